The molecule has 2 aliphatic heterocycles. The molecule has 1 N–H and O–H groups in total. The molecule has 1 spiro atoms. The molecule has 1 amide bonds. The van der Waals surface area contributed by atoms with Crippen molar-refractivity contribution in [2.75, 3.05) is 12.3 Å². The van der Waals surface area contributed by atoms with E-state index in [1.54, 1.807) is 0 Å². The zero-order chi connectivity index (χ0) is 14.3. The molecule has 2 unspecified atom stereocenters. The minimum atomic E-state index is -0.222. The molecule has 1 aromatic rings. The monoisotopic (exact) mass is 302 g/mol. The van der Waals surface area contributed by atoms with E-state index in [4.69, 9.17) is 0 Å². The smallest absolute Gasteiger partial charge is 0.244 e. The van der Waals surface area contributed by atoms with Crippen LogP contribution in [0.15, 0.2) is 30.3 Å². The molecule has 0 radical (unpaired) electrons. The summed E-state index contributed by atoms with van der Waals surface area (Å²) in [6, 6.07) is 10.4. The highest BCUT2D eigenvalue weighted by atomic mass is 32.2. The lowest BCUT2D eigenvalue weighted by Gasteiger charge is -2.30. The van der Waals surface area contributed by atoms with Crippen LogP contribution in [-0.2, 0) is 4.79 Å². The molecule has 1 saturated carbocycles. The number of nitrogens with one attached hydrogen (secondary N) is 1. The third-order valence-electron chi connectivity index (χ3n) is 4.93. The zero-order valence-corrected chi connectivity index (χ0v) is 13.1. The van der Waals surface area contributed by atoms with Gasteiger partial charge in [0.1, 0.15) is 11.7 Å². The number of hydrogen-bond acceptors (Lipinski definition) is 3. The molecule has 0 aromatic heterocycles. The topological polar surface area (TPSA) is 32.3 Å². The van der Waals surface area contributed by atoms with Gasteiger partial charge < -0.3 is 4.90 Å². The number of benzene rings is 1. The molecule has 1 aliphatic carbocycles. The van der Waals surface area contributed by atoms with Crippen LogP contribution in [0.2, 0.25) is 0 Å². The van der Waals surface area contributed by atoms with Gasteiger partial charge in [0.15, 0.2) is 0 Å². The molecule has 0 bridgehead atoms. The van der Waals surface area contributed by atoms with Crippen LogP contribution in [0.25, 0.3) is 0 Å². The second-order valence-electron chi connectivity index (χ2n) is 6.49. The van der Waals surface area contributed by atoms with Crippen LogP contribution in [0.3, 0.4) is 0 Å². The lowest BCUT2D eigenvalue weighted by atomic mass is 10.1. The number of carbonyl (C=O) groups excluding carboxylic acids is 1. The third-order valence-corrected chi connectivity index (χ3v) is 6.32. The normalized spacial score (nSPS) is 30.9. The molecule has 4 rings (SSSR count). The first kappa shape index (κ1) is 13.6. The first-order valence-corrected chi connectivity index (χ1v) is 9.09. The lowest BCUT2D eigenvalue weighted by Crippen LogP contribution is -2.37. The van der Waals surface area contributed by atoms with Gasteiger partial charge in [0.2, 0.25) is 5.91 Å². The Balaban J connectivity index is 1.57. The first-order chi connectivity index (χ1) is 10.3. The second kappa shape index (κ2) is 5.33. The maximum Gasteiger partial charge on any atom is 0.244 e. The second-order valence-corrected chi connectivity index (χ2v) is 7.89. The highest BCUT2D eigenvalue weighted by molar-refractivity contribution is 7.99. The van der Waals surface area contributed by atoms with Gasteiger partial charge in [-0.3, -0.25) is 10.1 Å². The maximum atomic E-state index is 12.8. The van der Waals surface area contributed by atoms with Crippen molar-refractivity contribution in [1.29, 1.82) is 0 Å². The van der Waals surface area contributed by atoms with Crippen LogP contribution in [0, 0.1) is 0 Å². The van der Waals surface area contributed by atoms with E-state index >= 15 is 0 Å². The standard InChI is InChI=1S/C17H22N2OS/c20-16-17(9-10-17)18-15(13-6-2-1-3-7-13)19(16)12-14-8-4-5-11-21-14/h1-3,6-7,14-15,18H,4-5,8-12H2. The SMILES string of the molecule is O=C1N(CC2CCCCS2)C(c2ccccc2)NC12CC2. The Morgan fingerprint density at radius 2 is 2.05 bits per heavy atom. The van der Waals surface area contributed by atoms with E-state index in [1.165, 1.54) is 30.6 Å². The summed E-state index contributed by atoms with van der Waals surface area (Å²) in [5.74, 6) is 1.59. The molecule has 1 aromatic carbocycles. The summed E-state index contributed by atoms with van der Waals surface area (Å²) in [5, 5.41) is 4.23. The van der Waals surface area contributed by atoms with Gasteiger partial charge >= 0.3 is 0 Å². The van der Waals surface area contributed by atoms with Gasteiger partial charge in [-0.05, 0) is 37.0 Å². The maximum absolute atomic E-state index is 12.8. The van der Waals surface area contributed by atoms with Crippen molar-refractivity contribution >= 4 is 17.7 Å². The van der Waals surface area contributed by atoms with Gasteiger partial charge in [-0.1, -0.05) is 36.8 Å². The summed E-state index contributed by atoms with van der Waals surface area (Å²) >= 11 is 2.05. The number of nitrogens with zero attached hydrogens (tertiary/aromatic N) is 1. The van der Waals surface area contributed by atoms with E-state index < -0.39 is 0 Å². The molecule has 4 heteroatoms. The summed E-state index contributed by atoms with van der Waals surface area (Å²) in [6.07, 6.45) is 5.98. The third kappa shape index (κ3) is 2.49. The quantitative estimate of drug-likeness (QED) is 0.932. The van der Waals surface area contributed by atoms with Crippen LogP contribution in [-0.4, -0.2) is 33.9 Å². The molecule has 3 fully saturated rings. The van der Waals surface area contributed by atoms with Crippen molar-refractivity contribution in [3.8, 4) is 0 Å². The first-order valence-electron chi connectivity index (χ1n) is 8.04. The van der Waals surface area contributed by atoms with Crippen LogP contribution in [0.5, 0.6) is 0 Å². The molecule has 3 nitrogen and oxygen atoms in total. The molecule has 2 saturated heterocycles. The fourth-order valence-electron chi connectivity index (χ4n) is 3.53. The van der Waals surface area contributed by atoms with Crippen LogP contribution >= 0.6 is 11.8 Å². The summed E-state index contributed by atoms with van der Waals surface area (Å²) in [7, 11) is 0. The van der Waals surface area contributed by atoms with E-state index in [0.717, 1.165) is 19.4 Å². The number of hydrogen-bond donors (Lipinski definition) is 1. The minimum Gasteiger partial charge on any atom is -0.320 e. The molecule has 2 atom stereocenters. The fraction of sp³-hybridized carbons (Fsp3) is 0.588. The molecule has 3 aliphatic rings. The average Bonchev–Trinajstić information content (AvgIpc) is 3.27. The fourth-order valence-corrected chi connectivity index (χ4v) is 4.84. The Morgan fingerprint density at radius 3 is 2.71 bits per heavy atom. The van der Waals surface area contributed by atoms with Crippen molar-refractivity contribution in [2.45, 2.75) is 49.1 Å². The summed E-state index contributed by atoms with van der Waals surface area (Å²) in [4.78, 5) is 14.9. The average molecular weight is 302 g/mol. The van der Waals surface area contributed by atoms with Crippen molar-refractivity contribution in [3.63, 3.8) is 0 Å². The summed E-state index contributed by atoms with van der Waals surface area (Å²) in [5.41, 5.74) is 0.996. The van der Waals surface area contributed by atoms with Gasteiger partial charge in [-0.15, -0.1) is 0 Å². The largest absolute Gasteiger partial charge is 0.320 e. The van der Waals surface area contributed by atoms with Crippen molar-refractivity contribution in [2.24, 2.45) is 0 Å². The molecular weight excluding hydrogens is 280 g/mol. The molecule has 21 heavy (non-hydrogen) atoms. The molecule has 2 heterocycles. The van der Waals surface area contributed by atoms with Crippen LogP contribution in [0.1, 0.15) is 43.8 Å². The highest BCUT2D eigenvalue weighted by Gasteiger charge is 2.59. The van der Waals surface area contributed by atoms with Crippen molar-refractivity contribution in [1.82, 2.24) is 10.2 Å². The molecular formula is C17H22N2OS. The van der Waals surface area contributed by atoms with E-state index in [9.17, 15) is 4.79 Å². The Morgan fingerprint density at radius 1 is 1.24 bits per heavy atom. The predicted molar refractivity (Wildman–Crippen MR) is 86.1 cm³/mol. The van der Waals surface area contributed by atoms with Gasteiger partial charge in [-0.25, -0.2) is 0 Å². The number of rotatable bonds is 3. The van der Waals surface area contributed by atoms with Crippen LogP contribution in [0.4, 0.5) is 0 Å². The summed E-state index contributed by atoms with van der Waals surface area (Å²) in [6.45, 7) is 0.901. The van der Waals surface area contributed by atoms with Crippen molar-refractivity contribution in [3.05, 3.63) is 35.9 Å². The summed E-state index contributed by atoms with van der Waals surface area (Å²) < 4.78 is 0. The van der Waals surface area contributed by atoms with E-state index in [1.807, 2.05) is 17.8 Å². The Labute approximate surface area is 130 Å². The predicted octanol–water partition coefficient (Wildman–Crippen LogP) is 2.94. The molecule has 112 valence electrons. The van der Waals surface area contributed by atoms with E-state index in [2.05, 4.69) is 34.5 Å². The van der Waals surface area contributed by atoms with E-state index in [0.29, 0.717) is 11.2 Å². The zero-order valence-electron chi connectivity index (χ0n) is 12.3. The Bertz CT molecular complexity index is 523. The van der Waals surface area contributed by atoms with Crippen LogP contribution < -0.4 is 5.32 Å². The van der Waals surface area contributed by atoms with Gasteiger partial charge in [0, 0.05) is 11.8 Å². The highest BCUT2D eigenvalue weighted by Crippen LogP contribution is 2.46. The van der Waals surface area contributed by atoms with Crippen molar-refractivity contribution < 1.29 is 4.79 Å². The lowest BCUT2D eigenvalue weighted by molar-refractivity contribution is -0.130. The number of amides is 1. The van der Waals surface area contributed by atoms with Gasteiger partial charge in [0.05, 0.1) is 0 Å². The Kier molecular flexibility index (Phi) is 3.46. The minimum absolute atomic E-state index is 0.0729. The van der Waals surface area contributed by atoms with Gasteiger partial charge in [-0.2, -0.15) is 11.8 Å². The van der Waals surface area contributed by atoms with Gasteiger partial charge in [0.25, 0.3) is 0 Å². The Hall–Kier alpha value is -1.00. The number of thioether (sulfide) groups is 1. The number of carbonyl (C=O) groups is 1. The van der Waals surface area contributed by atoms with E-state index in [-0.39, 0.29) is 11.7 Å².